The lowest BCUT2D eigenvalue weighted by Gasteiger charge is -2.27. The number of allylic oxidation sites excluding steroid dienone is 1. The summed E-state index contributed by atoms with van der Waals surface area (Å²) in [5.74, 6) is -0.906. The van der Waals surface area contributed by atoms with Crippen molar-refractivity contribution in [3.05, 3.63) is 86.8 Å². The predicted molar refractivity (Wildman–Crippen MR) is 113 cm³/mol. The van der Waals surface area contributed by atoms with E-state index in [9.17, 15) is 14.0 Å². The van der Waals surface area contributed by atoms with Crippen LogP contribution in [-0.4, -0.2) is 35.1 Å². The number of amides is 1. The van der Waals surface area contributed by atoms with Crippen LogP contribution in [0.2, 0.25) is 0 Å². The second-order valence-electron chi connectivity index (χ2n) is 7.10. The molecule has 1 atom stereocenters. The minimum Gasteiger partial charge on any atom is -0.365 e. The number of nitrogens with zero attached hydrogens (tertiary/aromatic N) is 6. The minimum atomic E-state index is -0.559. The molecule has 0 aliphatic carbocycles. The van der Waals surface area contributed by atoms with Gasteiger partial charge in [-0.1, -0.05) is 23.9 Å². The summed E-state index contributed by atoms with van der Waals surface area (Å²) >= 11 is 1.19. The molecule has 31 heavy (non-hydrogen) atoms. The molecule has 0 saturated heterocycles. The highest BCUT2D eigenvalue weighted by molar-refractivity contribution is 8.04. The molecule has 0 bridgehead atoms. The Hall–Kier alpha value is -3.47. The van der Waals surface area contributed by atoms with Crippen LogP contribution in [0.4, 0.5) is 4.39 Å². The largest absolute Gasteiger partial charge is 0.365 e. The number of aromatic nitrogens is 5. The van der Waals surface area contributed by atoms with Crippen LogP contribution in [-0.2, 0) is 17.9 Å². The van der Waals surface area contributed by atoms with Gasteiger partial charge < -0.3 is 10.6 Å². The van der Waals surface area contributed by atoms with Crippen LogP contribution in [0.3, 0.4) is 0 Å². The Kier molecular flexibility index (Phi) is 5.59. The second-order valence-corrected chi connectivity index (χ2v) is 8.17. The summed E-state index contributed by atoms with van der Waals surface area (Å²) in [4.78, 5) is 35.9. The van der Waals surface area contributed by atoms with Crippen LogP contribution < -0.4 is 11.4 Å². The third kappa shape index (κ3) is 4.22. The highest BCUT2D eigenvalue weighted by Crippen LogP contribution is 2.44. The van der Waals surface area contributed by atoms with E-state index in [-0.39, 0.29) is 18.1 Å². The lowest BCUT2D eigenvalue weighted by atomic mass is 10.2. The third-order valence-corrected chi connectivity index (χ3v) is 6.31. The predicted octanol–water partition coefficient (Wildman–Crippen LogP) is 1.75. The molecule has 9 nitrogen and oxygen atoms in total. The third-order valence-electron chi connectivity index (χ3n) is 4.88. The molecule has 4 rings (SSSR count). The van der Waals surface area contributed by atoms with E-state index in [4.69, 9.17) is 5.73 Å². The Bertz CT molecular complexity index is 1200. The minimum absolute atomic E-state index is 0.196. The smallest absolute Gasteiger partial charge is 0.348 e. The lowest BCUT2D eigenvalue weighted by Crippen LogP contribution is -2.33. The summed E-state index contributed by atoms with van der Waals surface area (Å²) in [6, 6.07) is 5.87. The molecule has 0 fully saturated rings. The van der Waals surface area contributed by atoms with E-state index in [2.05, 4.69) is 15.1 Å². The van der Waals surface area contributed by atoms with Gasteiger partial charge in [-0.05, 0) is 31.5 Å². The van der Waals surface area contributed by atoms with Gasteiger partial charge >= 0.3 is 5.69 Å². The van der Waals surface area contributed by atoms with Crippen LogP contribution in [0.1, 0.15) is 29.4 Å². The highest BCUT2D eigenvalue weighted by Gasteiger charge is 2.35. The molecule has 2 aromatic heterocycles. The molecule has 0 saturated carbocycles. The zero-order chi connectivity index (χ0) is 22.1. The van der Waals surface area contributed by atoms with Crippen molar-refractivity contribution in [3.8, 4) is 0 Å². The van der Waals surface area contributed by atoms with Crippen molar-refractivity contribution < 1.29 is 9.18 Å². The van der Waals surface area contributed by atoms with Gasteiger partial charge in [-0.2, -0.15) is 5.10 Å². The molecular weight excluding hydrogens is 421 g/mol. The summed E-state index contributed by atoms with van der Waals surface area (Å²) < 4.78 is 15.9. The Morgan fingerprint density at radius 3 is 2.55 bits per heavy atom. The Morgan fingerprint density at radius 2 is 1.90 bits per heavy atom. The topological polar surface area (TPSA) is 112 Å². The fourth-order valence-corrected chi connectivity index (χ4v) is 4.47. The standard InChI is InChI=1S/C20H20FN7O2S/c1-12-7-24-16(8-23-12)10-26-13(2)17(18(22)29)31-20(26)27-11-25-28(19(27)30)9-14-3-5-15(21)6-4-14/h3-8,11,20H,9-10H2,1-2H3,(H2,22,29). The van der Waals surface area contributed by atoms with Gasteiger partial charge in [-0.25, -0.2) is 13.9 Å². The van der Waals surface area contributed by atoms with E-state index < -0.39 is 11.4 Å². The van der Waals surface area contributed by atoms with Crippen molar-refractivity contribution in [1.29, 1.82) is 0 Å². The molecular formula is C20H20FN7O2S. The van der Waals surface area contributed by atoms with Crippen molar-refractivity contribution in [3.63, 3.8) is 0 Å². The number of hydrogen-bond acceptors (Lipinski definition) is 7. The summed E-state index contributed by atoms with van der Waals surface area (Å²) in [7, 11) is 0. The molecule has 1 amide bonds. The number of benzene rings is 1. The summed E-state index contributed by atoms with van der Waals surface area (Å²) in [6.07, 6.45) is 4.75. The average molecular weight is 441 g/mol. The Balaban J connectivity index is 1.64. The van der Waals surface area contributed by atoms with Crippen molar-refractivity contribution in [2.75, 3.05) is 0 Å². The maximum absolute atomic E-state index is 13.1. The molecule has 1 unspecified atom stereocenters. The number of carbonyl (C=O) groups excluding carboxylic acids is 1. The summed E-state index contributed by atoms with van der Waals surface area (Å²) in [6.45, 7) is 4.16. The molecule has 2 N–H and O–H groups in total. The first-order chi connectivity index (χ1) is 14.8. The second kappa shape index (κ2) is 8.34. The van der Waals surface area contributed by atoms with Gasteiger partial charge in [-0.15, -0.1) is 0 Å². The highest BCUT2D eigenvalue weighted by atomic mass is 32.2. The first kappa shape index (κ1) is 20.8. The quantitative estimate of drug-likeness (QED) is 0.620. The van der Waals surface area contributed by atoms with Crippen molar-refractivity contribution >= 4 is 17.7 Å². The molecule has 3 aromatic rings. The number of halogens is 1. The normalized spacial score (nSPS) is 16.2. The molecule has 3 heterocycles. The van der Waals surface area contributed by atoms with Gasteiger partial charge in [0.1, 0.15) is 12.1 Å². The van der Waals surface area contributed by atoms with Gasteiger partial charge in [0.15, 0.2) is 5.50 Å². The summed E-state index contributed by atoms with van der Waals surface area (Å²) in [5, 5.41) is 4.20. The molecule has 0 spiro atoms. The fraction of sp³-hybridized carbons (Fsp3) is 0.250. The lowest BCUT2D eigenvalue weighted by molar-refractivity contribution is -0.114. The molecule has 1 aliphatic heterocycles. The monoisotopic (exact) mass is 441 g/mol. The number of primary amides is 1. The van der Waals surface area contributed by atoms with Crippen molar-refractivity contribution in [2.24, 2.45) is 5.73 Å². The van der Waals surface area contributed by atoms with Gasteiger partial charge in [0, 0.05) is 11.9 Å². The van der Waals surface area contributed by atoms with Crippen molar-refractivity contribution in [1.82, 2.24) is 29.2 Å². The molecule has 0 radical (unpaired) electrons. The Morgan fingerprint density at radius 1 is 1.16 bits per heavy atom. The van der Waals surface area contributed by atoms with E-state index in [0.29, 0.717) is 22.8 Å². The maximum Gasteiger partial charge on any atom is 0.348 e. The number of rotatable bonds is 6. The van der Waals surface area contributed by atoms with Gasteiger partial charge in [-0.3, -0.25) is 19.3 Å². The Labute approximate surface area is 181 Å². The molecule has 160 valence electrons. The van der Waals surface area contributed by atoms with E-state index in [1.54, 1.807) is 31.5 Å². The van der Waals surface area contributed by atoms with Crippen molar-refractivity contribution in [2.45, 2.75) is 32.4 Å². The van der Waals surface area contributed by atoms with Gasteiger partial charge in [0.2, 0.25) is 0 Å². The molecule has 11 heteroatoms. The zero-order valence-corrected chi connectivity index (χ0v) is 17.7. The fourth-order valence-electron chi connectivity index (χ4n) is 3.24. The average Bonchev–Trinajstić information content (AvgIpc) is 3.25. The first-order valence-corrected chi connectivity index (χ1v) is 10.3. The van der Waals surface area contributed by atoms with Crippen LogP contribution in [0, 0.1) is 12.7 Å². The van der Waals surface area contributed by atoms with Gasteiger partial charge in [0.05, 0.1) is 35.6 Å². The van der Waals surface area contributed by atoms with Crippen LogP contribution in [0.15, 0.2) is 58.4 Å². The van der Waals surface area contributed by atoms with Crippen LogP contribution in [0.5, 0.6) is 0 Å². The summed E-state index contributed by atoms with van der Waals surface area (Å²) in [5.41, 5.74) is 7.51. The maximum atomic E-state index is 13.1. The number of nitrogens with two attached hydrogens (primary N) is 1. The number of aryl methyl sites for hydroxylation is 1. The number of carbonyl (C=O) groups is 1. The molecule has 1 aliphatic rings. The van der Waals surface area contributed by atoms with Gasteiger partial charge in [0.25, 0.3) is 5.91 Å². The first-order valence-electron chi connectivity index (χ1n) is 9.43. The van der Waals surface area contributed by atoms with E-state index in [1.165, 1.54) is 39.5 Å². The van der Waals surface area contributed by atoms with Crippen LogP contribution >= 0.6 is 11.8 Å². The molecule has 1 aromatic carbocycles. The zero-order valence-electron chi connectivity index (χ0n) is 16.9. The number of hydrogen-bond donors (Lipinski definition) is 1. The SMILES string of the molecule is CC1=C(C(N)=O)SC(n2cnn(Cc3ccc(F)cc3)c2=O)N1Cc1cnc(C)cn1. The van der Waals surface area contributed by atoms with E-state index in [1.807, 2.05) is 11.8 Å². The van der Waals surface area contributed by atoms with E-state index in [0.717, 1.165) is 11.3 Å². The number of thioether (sulfide) groups is 1. The van der Waals surface area contributed by atoms with E-state index >= 15 is 0 Å². The van der Waals surface area contributed by atoms with Crippen LogP contribution in [0.25, 0.3) is 0 Å².